The summed E-state index contributed by atoms with van der Waals surface area (Å²) in [5, 5.41) is 28.9. The molecule has 2 aliphatic rings. The molecule has 0 bridgehead atoms. The van der Waals surface area contributed by atoms with Gasteiger partial charge >= 0.3 is 35.5 Å². The second-order valence-corrected chi connectivity index (χ2v) is 10.9. The SMILES string of the molecule is CCC(C)C(=O)OC1CC/C(=N\OCc2c(C)noc2C)C2=CC(=O)C(C)C(CCC(=O)CC(O)CC(=O)[O-])C21.[Na+]. The third-order valence-corrected chi connectivity index (χ3v) is 8.08. The Morgan fingerprint density at radius 2 is 1.98 bits per heavy atom. The van der Waals surface area contributed by atoms with E-state index < -0.39 is 30.5 Å². The van der Waals surface area contributed by atoms with E-state index in [0.717, 1.165) is 5.56 Å². The summed E-state index contributed by atoms with van der Waals surface area (Å²) >= 11 is 0. The molecule has 220 valence electrons. The number of fused-ring (bicyclic) bond motifs is 1. The molecule has 0 amide bonds. The Labute approximate surface area is 262 Å². The first kappa shape index (κ1) is 34.9. The Balaban J connectivity index is 0.00000588. The maximum Gasteiger partial charge on any atom is 1.00 e. The molecule has 2 aliphatic carbocycles. The minimum absolute atomic E-state index is 0. The number of ether oxygens (including phenoxy) is 1. The van der Waals surface area contributed by atoms with E-state index in [4.69, 9.17) is 14.1 Å². The molecule has 0 saturated heterocycles. The molecule has 0 radical (unpaired) electrons. The number of aliphatic hydroxyl groups is 1. The van der Waals surface area contributed by atoms with Crippen molar-refractivity contribution in [3.05, 3.63) is 28.7 Å². The van der Waals surface area contributed by atoms with Gasteiger partial charge in [0.2, 0.25) is 0 Å². The van der Waals surface area contributed by atoms with Gasteiger partial charge in [0.05, 0.1) is 29.0 Å². The molecule has 12 heteroatoms. The molecule has 1 aromatic heterocycles. The van der Waals surface area contributed by atoms with Crippen LogP contribution in [-0.2, 0) is 35.4 Å². The molecule has 1 N–H and O–H groups in total. The van der Waals surface area contributed by atoms with Crippen LogP contribution in [0.1, 0.15) is 82.7 Å². The molecular weight excluding hydrogens is 543 g/mol. The van der Waals surface area contributed by atoms with Crippen molar-refractivity contribution in [3.63, 3.8) is 0 Å². The van der Waals surface area contributed by atoms with E-state index in [1.165, 1.54) is 0 Å². The summed E-state index contributed by atoms with van der Waals surface area (Å²) < 4.78 is 11.2. The van der Waals surface area contributed by atoms with Crippen LogP contribution in [0, 0.1) is 37.5 Å². The first-order valence-electron chi connectivity index (χ1n) is 13.9. The van der Waals surface area contributed by atoms with E-state index in [-0.39, 0.29) is 84.3 Å². The van der Waals surface area contributed by atoms with E-state index in [1.807, 2.05) is 13.8 Å². The molecule has 1 saturated carbocycles. The van der Waals surface area contributed by atoms with Crippen molar-refractivity contribution in [2.45, 2.75) is 98.4 Å². The fourth-order valence-electron chi connectivity index (χ4n) is 5.42. The van der Waals surface area contributed by atoms with Gasteiger partial charge in [0.25, 0.3) is 0 Å². The summed E-state index contributed by atoms with van der Waals surface area (Å²) in [6.07, 6.45) is 0.665. The Hall–Kier alpha value is -2.34. The first-order valence-corrected chi connectivity index (χ1v) is 13.9. The van der Waals surface area contributed by atoms with Crippen molar-refractivity contribution in [2.75, 3.05) is 0 Å². The molecule has 11 nitrogen and oxygen atoms in total. The molecule has 0 aromatic carbocycles. The number of rotatable bonds is 13. The molecule has 3 rings (SSSR count). The summed E-state index contributed by atoms with van der Waals surface area (Å²) in [4.78, 5) is 54.8. The van der Waals surface area contributed by atoms with Crippen molar-refractivity contribution >= 4 is 29.2 Å². The number of aliphatic hydroxyl groups excluding tert-OH is 1. The number of allylic oxidation sites excluding steroid dienone is 1. The molecule has 1 heterocycles. The number of oxime groups is 1. The molecule has 6 unspecified atom stereocenters. The quantitative estimate of drug-likeness (QED) is 0.182. The van der Waals surface area contributed by atoms with Gasteiger partial charge in [0.1, 0.15) is 24.3 Å². The fraction of sp³-hybridized carbons (Fsp3) is 0.655. The average Bonchev–Trinajstić information content (AvgIpc) is 3.21. The Bertz CT molecular complexity index is 1160. The van der Waals surface area contributed by atoms with Gasteiger partial charge in [-0.1, -0.05) is 31.1 Å². The smallest absolute Gasteiger partial charge is 0.550 e. The van der Waals surface area contributed by atoms with Gasteiger partial charge in [-0.15, -0.1) is 0 Å². The maximum absolute atomic E-state index is 13.1. The molecule has 0 spiro atoms. The van der Waals surface area contributed by atoms with Gasteiger partial charge < -0.3 is 29.1 Å². The summed E-state index contributed by atoms with van der Waals surface area (Å²) in [6, 6.07) is 0. The van der Waals surface area contributed by atoms with Crippen molar-refractivity contribution in [3.8, 4) is 0 Å². The van der Waals surface area contributed by atoms with Crippen molar-refractivity contribution < 1.29 is 73.0 Å². The molecule has 41 heavy (non-hydrogen) atoms. The number of hydrogen-bond acceptors (Lipinski definition) is 11. The second-order valence-electron chi connectivity index (χ2n) is 10.9. The molecule has 1 aromatic rings. The monoisotopic (exact) mass is 582 g/mol. The van der Waals surface area contributed by atoms with E-state index in [1.54, 1.807) is 26.8 Å². The third kappa shape index (κ3) is 9.07. The predicted octanol–water partition coefficient (Wildman–Crippen LogP) is -0.462. The van der Waals surface area contributed by atoms with Gasteiger partial charge in [0.15, 0.2) is 5.78 Å². The summed E-state index contributed by atoms with van der Waals surface area (Å²) in [7, 11) is 0. The van der Waals surface area contributed by atoms with Crippen LogP contribution in [0.25, 0.3) is 0 Å². The van der Waals surface area contributed by atoms with Crippen LogP contribution in [0.2, 0.25) is 0 Å². The van der Waals surface area contributed by atoms with Crippen LogP contribution in [0.4, 0.5) is 0 Å². The first-order chi connectivity index (χ1) is 18.9. The van der Waals surface area contributed by atoms with E-state index >= 15 is 0 Å². The van der Waals surface area contributed by atoms with Crippen molar-refractivity contribution in [1.82, 2.24) is 5.16 Å². The minimum atomic E-state index is -1.43. The van der Waals surface area contributed by atoms with Crippen molar-refractivity contribution in [1.29, 1.82) is 0 Å². The van der Waals surface area contributed by atoms with Crippen LogP contribution in [0.15, 0.2) is 21.3 Å². The number of carboxylic acids is 1. The zero-order valence-corrected chi connectivity index (χ0v) is 26.8. The summed E-state index contributed by atoms with van der Waals surface area (Å²) in [5.74, 6) is -2.99. The number of hydrogen-bond donors (Lipinski definition) is 1. The fourth-order valence-corrected chi connectivity index (χ4v) is 5.42. The van der Waals surface area contributed by atoms with E-state index in [9.17, 15) is 29.4 Å². The van der Waals surface area contributed by atoms with E-state index in [2.05, 4.69) is 10.3 Å². The number of carbonyl (C=O) groups is 4. The van der Waals surface area contributed by atoms with Gasteiger partial charge in [0, 0.05) is 37.1 Å². The maximum atomic E-state index is 13.1. The minimum Gasteiger partial charge on any atom is -0.550 e. The topological polar surface area (TPSA) is 168 Å². The zero-order valence-electron chi connectivity index (χ0n) is 24.8. The van der Waals surface area contributed by atoms with Crippen LogP contribution >= 0.6 is 0 Å². The Morgan fingerprint density at radius 1 is 1.27 bits per heavy atom. The number of aliphatic carboxylic acids is 1. The largest absolute Gasteiger partial charge is 1.00 e. The van der Waals surface area contributed by atoms with Crippen molar-refractivity contribution in [2.24, 2.45) is 28.8 Å². The molecule has 6 atom stereocenters. The summed E-state index contributed by atoms with van der Waals surface area (Å²) in [6.45, 7) is 9.24. The van der Waals surface area contributed by atoms with Crippen LogP contribution in [0.5, 0.6) is 0 Å². The van der Waals surface area contributed by atoms with Crippen LogP contribution in [-0.4, -0.2) is 51.7 Å². The number of ketones is 2. The standard InChI is InChI=1S/C29H40N2O9.Na/c1-6-15(2)29(37)39-26-10-9-24(31-38-14-23-17(4)30-40-18(23)5)22-13-25(34)16(3)21(28(22)26)8-7-19(32)11-20(33)12-27(35)36;/h13,15-16,20-21,26,28,33H,6-12,14H2,1-5H3,(H,35,36);/q;+1/p-1/b31-24+;. The second kappa shape index (κ2) is 15.8. The molecule has 0 aliphatic heterocycles. The number of esters is 1. The third-order valence-electron chi connectivity index (χ3n) is 8.08. The van der Waals surface area contributed by atoms with Gasteiger partial charge in [-0.05, 0) is 57.1 Å². The Kier molecular flexibility index (Phi) is 13.4. The van der Waals surface area contributed by atoms with Gasteiger partial charge in [-0.3, -0.25) is 14.4 Å². The van der Waals surface area contributed by atoms with Crippen LogP contribution < -0.4 is 34.7 Å². The average molecular weight is 583 g/mol. The number of nitrogens with zero attached hydrogens (tertiary/aromatic N) is 2. The van der Waals surface area contributed by atoms with E-state index in [0.29, 0.717) is 48.4 Å². The molecule has 1 fully saturated rings. The Morgan fingerprint density at radius 3 is 2.59 bits per heavy atom. The zero-order chi connectivity index (χ0) is 29.6. The van der Waals surface area contributed by atoms with Crippen LogP contribution in [0.3, 0.4) is 0 Å². The number of carbonyl (C=O) groups excluding carboxylic acids is 4. The number of Topliss-reactive ketones (excluding diaryl/α,β-unsaturated/α-hetero) is 1. The molecular formula is C29H39N2NaO9. The summed E-state index contributed by atoms with van der Waals surface area (Å²) in [5.41, 5.74) is 2.72. The van der Waals surface area contributed by atoms with Gasteiger partial charge in [-0.2, -0.15) is 0 Å². The number of aromatic nitrogens is 1. The number of aryl methyl sites for hydroxylation is 2. The predicted molar refractivity (Wildman–Crippen MR) is 140 cm³/mol. The normalized spacial score (nSPS) is 24.5. The van der Waals surface area contributed by atoms with Gasteiger partial charge in [-0.25, -0.2) is 0 Å². The number of carboxylic acid groups (broad SMARTS) is 1.